The van der Waals surface area contributed by atoms with Crippen molar-refractivity contribution in [2.45, 2.75) is 71.1 Å². The van der Waals surface area contributed by atoms with E-state index in [-0.39, 0.29) is 0 Å². The van der Waals surface area contributed by atoms with Gasteiger partial charge in [-0.1, -0.05) is 81.4 Å². The van der Waals surface area contributed by atoms with Crippen molar-refractivity contribution in [3.8, 4) is 0 Å². The van der Waals surface area contributed by atoms with Gasteiger partial charge in [0.25, 0.3) is 0 Å². The average Bonchev–Trinajstić information content (AvgIpc) is 2.50. The summed E-state index contributed by atoms with van der Waals surface area (Å²) in [7, 11) is 0. The Morgan fingerprint density at radius 2 is 1.38 bits per heavy atom. The van der Waals surface area contributed by atoms with E-state index in [1.807, 2.05) is 0 Å². The summed E-state index contributed by atoms with van der Waals surface area (Å²) in [5.41, 5.74) is 8.21. The third kappa shape index (κ3) is 9.47. The molecule has 0 spiro atoms. The fraction of sp³-hybridized carbons (Fsp3) is 0.600. The average molecular weight is 287 g/mol. The molecule has 21 heavy (non-hydrogen) atoms. The zero-order chi connectivity index (χ0) is 15.2. The zero-order valence-corrected chi connectivity index (χ0v) is 13.8. The lowest BCUT2D eigenvalue weighted by Crippen LogP contribution is -1.97. The standard InChI is InChI=1S/C20H33N/c1-19-15-12-13-17-20(19)16-11-9-7-5-3-2-4-6-8-10-14-18-21/h11-13,15-17H,2-10,14,18,21H2,1H3. The number of rotatable bonds is 12. The molecule has 1 aromatic rings. The van der Waals surface area contributed by atoms with E-state index >= 15 is 0 Å². The molecule has 0 amide bonds. The summed E-state index contributed by atoms with van der Waals surface area (Å²) in [6.45, 7) is 3.03. The van der Waals surface area contributed by atoms with Crippen LogP contribution in [-0.4, -0.2) is 6.54 Å². The Morgan fingerprint density at radius 1 is 0.810 bits per heavy atom. The second-order valence-corrected chi connectivity index (χ2v) is 6.02. The number of hydrogen-bond donors (Lipinski definition) is 1. The molecule has 0 aliphatic carbocycles. The molecular weight excluding hydrogens is 254 g/mol. The Hall–Kier alpha value is -1.08. The molecule has 0 heterocycles. The third-order valence-corrected chi connectivity index (χ3v) is 4.06. The monoisotopic (exact) mass is 287 g/mol. The van der Waals surface area contributed by atoms with E-state index in [4.69, 9.17) is 5.73 Å². The lowest BCUT2D eigenvalue weighted by atomic mass is 10.1. The van der Waals surface area contributed by atoms with Crippen LogP contribution >= 0.6 is 0 Å². The first-order valence-electron chi connectivity index (χ1n) is 8.77. The SMILES string of the molecule is Cc1ccccc1C=CCCCCCCCCCCCN. The van der Waals surface area contributed by atoms with Crippen LogP contribution < -0.4 is 5.73 Å². The molecule has 0 fully saturated rings. The van der Waals surface area contributed by atoms with E-state index in [1.165, 1.54) is 75.3 Å². The molecule has 1 heteroatoms. The smallest absolute Gasteiger partial charge is 0.00773 e. The summed E-state index contributed by atoms with van der Waals surface area (Å²) < 4.78 is 0. The largest absolute Gasteiger partial charge is 0.330 e. The van der Waals surface area contributed by atoms with Gasteiger partial charge in [0.15, 0.2) is 0 Å². The molecule has 0 saturated carbocycles. The minimum Gasteiger partial charge on any atom is -0.330 e. The first kappa shape index (κ1) is 18.0. The van der Waals surface area contributed by atoms with Gasteiger partial charge in [0.1, 0.15) is 0 Å². The maximum Gasteiger partial charge on any atom is -0.00773 e. The van der Waals surface area contributed by atoms with Gasteiger partial charge in [0.05, 0.1) is 0 Å². The molecule has 118 valence electrons. The van der Waals surface area contributed by atoms with Gasteiger partial charge in [-0.25, -0.2) is 0 Å². The van der Waals surface area contributed by atoms with E-state index in [2.05, 4.69) is 43.3 Å². The van der Waals surface area contributed by atoms with Crippen LogP contribution in [0.2, 0.25) is 0 Å². The van der Waals surface area contributed by atoms with Crippen LogP contribution in [-0.2, 0) is 0 Å². The van der Waals surface area contributed by atoms with Gasteiger partial charge in [-0.05, 0) is 43.9 Å². The maximum absolute atomic E-state index is 5.49. The first-order chi connectivity index (χ1) is 10.3. The van der Waals surface area contributed by atoms with E-state index in [0.717, 1.165) is 6.54 Å². The van der Waals surface area contributed by atoms with Gasteiger partial charge in [0.2, 0.25) is 0 Å². The number of unbranched alkanes of at least 4 members (excludes halogenated alkanes) is 9. The quantitative estimate of drug-likeness (QED) is 0.478. The number of nitrogens with two attached hydrogens (primary N) is 1. The van der Waals surface area contributed by atoms with Crippen LogP contribution in [0.4, 0.5) is 0 Å². The molecule has 0 bridgehead atoms. The highest BCUT2D eigenvalue weighted by molar-refractivity contribution is 5.53. The van der Waals surface area contributed by atoms with Crippen molar-refractivity contribution in [1.29, 1.82) is 0 Å². The molecule has 0 unspecified atom stereocenters. The van der Waals surface area contributed by atoms with Gasteiger partial charge in [-0.3, -0.25) is 0 Å². The Kier molecular flexibility index (Phi) is 10.8. The van der Waals surface area contributed by atoms with Crippen LogP contribution in [0.25, 0.3) is 6.08 Å². The van der Waals surface area contributed by atoms with Crippen LogP contribution in [0, 0.1) is 6.92 Å². The van der Waals surface area contributed by atoms with Gasteiger partial charge in [0, 0.05) is 0 Å². The molecule has 2 N–H and O–H groups in total. The molecule has 0 saturated heterocycles. The molecule has 1 rings (SSSR count). The molecule has 1 nitrogen and oxygen atoms in total. The Bertz CT molecular complexity index is 381. The Balaban J connectivity index is 1.92. The fourth-order valence-electron chi connectivity index (χ4n) is 2.63. The second-order valence-electron chi connectivity index (χ2n) is 6.02. The predicted octanol–water partition coefficient (Wildman–Crippen LogP) is 5.87. The van der Waals surface area contributed by atoms with Crippen molar-refractivity contribution in [2.24, 2.45) is 5.73 Å². The van der Waals surface area contributed by atoms with Crippen LogP contribution in [0.3, 0.4) is 0 Å². The first-order valence-corrected chi connectivity index (χ1v) is 8.77. The van der Waals surface area contributed by atoms with E-state index in [9.17, 15) is 0 Å². The number of allylic oxidation sites excluding steroid dienone is 1. The second kappa shape index (κ2) is 12.6. The summed E-state index contributed by atoms with van der Waals surface area (Å²) in [4.78, 5) is 0. The predicted molar refractivity (Wildman–Crippen MR) is 95.4 cm³/mol. The summed E-state index contributed by atoms with van der Waals surface area (Å²) in [5, 5.41) is 0. The maximum atomic E-state index is 5.49. The van der Waals surface area contributed by atoms with Crippen LogP contribution in [0.5, 0.6) is 0 Å². The van der Waals surface area contributed by atoms with E-state index in [1.54, 1.807) is 0 Å². The molecule has 0 radical (unpaired) electrons. The van der Waals surface area contributed by atoms with Crippen LogP contribution in [0.15, 0.2) is 30.3 Å². The Morgan fingerprint density at radius 3 is 2.00 bits per heavy atom. The molecule has 0 aromatic heterocycles. The Labute approximate surface area is 131 Å². The highest BCUT2D eigenvalue weighted by Crippen LogP contribution is 2.12. The fourth-order valence-corrected chi connectivity index (χ4v) is 2.63. The normalized spacial score (nSPS) is 11.3. The summed E-state index contributed by atoms with van der Waals surface area (Å²) in [6, 6.07) is 8.58. The highest BCUT2D eigenvalue weighted by atomic mass is 14.5. The summed E-state index contributed by atoms with van der Waals surface area (Å²) >= 11 is 0. The van der Waals surface area contributed by atoms with Crippen molar-refractivity contribution in [1.82, 2.24) is 0 Å². The minimum absolute atomic E-state index is 0.857. The van der Waals surface area contributed by atoms with Gasteiger partial charge < -0.3 is 5.73 Å². The summed E-state index contributed by atoms with van der Waals surface area (Å²) in [6.07, 6.45) is 18.0. The number of hydrogen-bond acceptors (Lipinski definition) is 1. The van der Waals surface area contributed by atoms with Crippen molar-refractivity contribution in [2.75, 3.05) is 6.54 Å². The van der Waals surface area contributed by atoms with Gasteiger partial charge in [-0.15, -0.1) is 0 Å². The lowest BCUT2D eigenvalue weighted by Gasteiger charge is -2.01. The number of aryl methyl sites for hydroxylation is 1. The number of benzene rings is 1. The molecule has 1 aromatic carbocycles. The zero-order valence-electron chi connectivity index (χ0n) is 13.8. The molecular formula is C20H33N. The topological polar surface area (TPSA) is 26.0 Å². The van der Waals surface area contributed by atoms with Gasteiger partial charge >= 0.3 is 0 Å². The molecule has 0 aliphatic heterocycles. The van der Waals surface area contributed by atoms with Crippen molar-refractivity contribution in [3.05, 3.63) is 41.5 Å². The van der Waals surface area contributed by atoms with Crippen molar-refractivity contribution < 1.29 is 0 Å². The van der Waals surface area contributed by atoms with E-state index < -0.39 is 0 Å². The third-order valence-electron chi connectivity index (χ3n) is 4.06. The van der Waals surface area contributed by atoms with Crippen molar-refractivity contribution >= 4 is 6.08 Å². The van der Waals surface area contributed by atoms with Crippen molar-refractivity contribution in [3.63, 3.8) is 0 Å². The molecule has 0 atom stereocenters. The van der Waals surface area contributed by atoms with Crippen LogP contribution in [0.1, 0.15) is 75.3 Å². The van der Waals surface area contributed by atoms with Gasteiger partial charge in [-0.2, -0.15) is 0 Å². The minimum atomic E-state index is 0.857. The van der Waals surface area contributed by atoms with E-state index in [0.29, 0.717) is 0 Å². The highest BCUT2D eigenvalue weighted by Gasteiger charge is 1.93. The lowest BCUT2D eigenvalue weighted by molar-refractivity contribution is 0.562. The summed E-state index contributed by atoms with van der Waals surface area (Å²) in [5.74, 6) is 0. The molecule has 0 aliphatic rings.